The van der Waals surface area contributed by atoms with Crippen molar-refractivity contribution in [3.63, 3.8) is 0 Å². The van der Waals surface area contributed by atoms with Crippen LogP contribution >= 0.6 is 0 Å². The summed E-state index contributed by atoms with van der Waals surface area (Å²) in [5.41, 5.74) is 6.08. The van der Waals surface area contributed by atoms with E-state index in [1.807, 2.05) is 0 Å². The summed E-state index contributed by atoms with van der Waals surface area (Å²) in [5.74, 6) is 0. The highest BCUT2D eigenvalue weighted by molar-refractivity contribution is 7.79. The predicted molar refractivity (Wildman–Crippen MR) is 30.4 cm³/mol. The van der Waals surface area contributed by atoms with Crippen molar-refractivity contribution >= 4 is 10.4 Å². The molecule has 0 radical (unpaired) electrons. The van der Waals surface area contributed by atoms with Crippen LogP contribution in [0.4, 0.5) is 0 Å². The lowest BCUT2D eigenvalue weighted by Gasteiger charge is -2.06. The maximum atomic E-state index is 8.52. The molecule has 0 spiro atoms. The third kappa shape index (κ3) is 6860. The molecule has 0 atom stereocenters. The molecule has 11 heavy (non-hydrogen) atoms. The van der Waals surface area contributed by atoms with E-state index < -0.39 is 10.4 Å². The fourth-order valence-corrected chi connectivity index (χ4v) is 0. The molecule has 0 saturated carbocycles. The Morgan fingerprint density at radius 2 is 1.09 bits per heavy atom. The fraction of sp³-hybridized carbons (Fsp3) is 1.00. The van der Waals surface area contributed by atoms with Crippen LogP contribution in [0.2, 0.25) is 0 Å². The molecular weight excluding hydrogens is 180 g/mol. The van der Waals surface area contributed by atoms with E-state index in [2.05, 4.69) is 11.5 Å². The van der Waals surface area contributed by atoms with E-state index in [4.69, 9.17) is 27.7 Å². The number of hydrogen-bond donors (Lipinski definition) is 4. The highest BCUT2D eigenvalue weighted by Gasteiger charge is 1.49. The first-order chi connectivity index (χ1) is 4.83. The molecule has 0 aromatic heterocycles. The van der Waals surface area contributed by atoms with Gasteiger partial charge >= 0.3 is 0 Å². The Kier molecular flexibility index (Phi) is 19.1. The molecule has 0 rings (SSSR count). The fourth-order valence-electron chi connectivity index (χ4n) is 0. The molecule has 0 aliphatic carbocycles. The van der Waals surface area contributed by atoms with Crippen molar-refractivity contribution in [2.24, 2.45) is 0 Å². The second-order valence-electron chi connectivity index (χ2n) is 0.855. The van der Waals surface area contributed by atoms with Gasteiger partial charge in [0.2, 0.25) is 0 Å². The lowest BCUT2D eigenvalue weighted by molar-refractivity contribution is -0.422. The molecule has 0 unspecified atom stereocenters. The Hall–Kier alpha value is -0.290. The highest BCUT2D eigenvalue weighted by Crippen LogP contribution is 1.57. The Morgan fingerprint density at radius 3 is 1.09 bits per heavy atom. The number of hydrogen-bond acceptors (Lipinski definition) is 6. The molecule has 0 amide bonds. The van der Waals surface area contributed by atoms with Crippen LogP contribution in [0.3, 0.4) is 0 Å². The minimum absolute atomic E-state index is 0. The molecule has 8 N–H and O–H groups in total. The summed E-state index contributed by atoms with van der Waals surface area (Å²) in [7, 11) is -5.17. The topological polar surface area (TPSA) is 176 Å². The lowest BCUT2D eigenvalue weighted by Crippen LogP contribution is -2.49. The first-order valence-corrected chi connectivity index (χ1v) is 3.63. The number of rotatable bonds is 0. The van der Waals surface area contributed by atoms with Gasteiger partial charge in [0.15, 0.2) is 13.5 Å². The smallest absolute Gasteiger partial charge is 0.175 e. The summed E-state index contributed by atoms with van der Waals surface area (Å²) < 4.78 is 34.1. The van der Waals surface area contributed by atoms with Crippen LogP contribution < -0.4 is 11.5 Å². The van der Waals surface area contributed by atoms with E-state index in [0.29, 0.717) is 0 Å². The quantitative estimate of drug-likeness (QED) is 0.169. The summed E-state index contributed by atoms with van der Waals surface area (Å²) in [4.78, 5) is 0. The monoisotopic (exact) mass is 192 g/mol. The van der Waals surface area contributed by atoms with Crippen molar-refractivity contribution in [1.82, 2.24) is 0 Å². The van der Waals surface area contributed by atoms with Gasteiger partial charge in [-0.2, -0.15) is 0 Å². The average molecular weight is 192 g/mol. The Balaban J connectivity index is -0.0000000933. The van der Waals surface area contributed by atoms with Crippen LogP contribution in [-0.2, 0) is 10.4 Å². The maximum absolute atomic E-state index is 8.52. The first-order valence-electron chi connectivity index (χ1n) is 2.30. The van der Waals surface area contributed by atoms with Crippen LogP contribution in [0.1, 0.15) is 0 Å². The van der Waals surface area contributed by atoms with Crippen molar-refractivity contribution in [3.05, 3.63) is 0 Å². The molecule has 0 aliphatic heterocycles. The summed E-state index contributed by atoms with van der Waals surface area (Å²) in [6.07, 6.45) is 0. The van der Waals surface area contributed by atoms with Gasteiger partial charge < -0.3 is 30.8 Å². The predicted octanol–water partition coefficient (Wildman–Crippen LogP) is -4.98. The first kappa shape index (κ1) is 17.0. The molecule has 0 heterocycles. The van der Waals surface area contributed by atoms with Crippen LogP contribution in [0, 0.1) is 0 Å². The molecule has 0 saturated heterocycles. The zero-order chi connectivity index (χ0) is 9.91. The number of aliphatic hydroxyl groups is 2. The van der Waals surface area contributed by atoms with Gasteiger partial charge in [-0.3, -0.25) is 8.42 Å². The Labute approximate surface area is 64.0 Å². The number of quaternary nitrogens is 2. The third-order valence-electron chi connectivity index (χ3n) is 0. The van der Waals surface area contributed by atoms with Crippen LogP contribution in [0.5, 0.6) is 0 Å². The highest BCUT2D eigenvalue weighted by atomic mass is 32.3. The molecule has 0 aromatic carbocycles. The van der Waals surface area contributed by atoms with Gasteiger partial charge in [-0.15, -0.1) is 0 Å². The minimum Gasteiger partial charge on any atom is -0.759 e. The second-order valence-corrected chi connectivity index (χ2v) is 1.67. The van der Waals surface area contributed by atoms with E-state index in [-0.39, 0.29) is 13.5 Å². The Bertz CT molecular complexity index is 122. The summed E-state index contributed by atoms with van der Waals surface area (Å²) in [6, 6.07) is 0. The van der Waals surface area contributed by atoms with Gasteiger partial charge in [-0.25, -0.2) is 0 Å². The van der Waals surface area contributed by atoms with E-state index in [1.165, 1.54) is 0 Å². The lowest BCUT2D eigenvalue weighted by atomic mass is 11.4. The molecule has 0 fully saturated rings. The van der Waals surface area contributed by atoms with E-state index in [0.717, 1.165) is 0 Å². The SMILES string of the molecule is O=S(=O)([O-])[O-].[NH3+]CO.[NH3+]CO. The molecule has 9 heteroatoms. The van der Waals surface area contributed by atoms with Gasteiger partial charge in [0.25, 0.3) is 0 Å². The van der Waals surface area contributed by atoms with Gasteiger partial charge in [-0.1, -0.05) is 0 Å². The molecular formula is C2H12N2O6S. The normalized spacial score (nSPS) is 8.55. The third-order valence-corrected chi connectivity index (χ3v) is 0. The van der Waals surface area contributed by atoms with Crippen molar-refractivity contribution in [2.45, 2.75) is 0 Å². The van der Waals surface area contributed by atoms with Gasteiger partial charge in [0.05, 0.1) is 0 Å². The molecule has 8 nitrogen and oxygen atoms in total. The average Bonchev–Trinajstić information content (AvgIpc) is 1.62. The largest absolute Gasteiger partial charge is 0.759 e. The van der Waals surface area contributed by atoms with Gasteiger partial charge in [-0.05, 0) is 0 Å². The minimum atomic E-state index is -5.17. The van der Waals surface area contributed by atoms with E-state index >= 15 is 0 Å². The van der Waals surface area contributed by atoms with Crippen molar-refractivity contribution in [1.29, 1.82) is 0 Å². The van der Waals surface area contributed by atoms with E-state index in [9.17, 15) is 0 Å². The molecule has 0 aliphatic rings. The summed E-state index contributed by atoms with van der Waals surface area (Å²) in [6.45, 7) is 0. The van der Waals surface area contributed by atoms with Crippen molar-refractivity contribution in [2.75, 3.05) is 13.5 Å². The van der Waals surface area contributed by atoms with Gasteiger partial charge in [0.1, 0.15) is 0 Å². The summed E-state index contributed by atoms with van der Waals surface area (Å²) in [5, 5.41) is 14.9. The standard InChI is InChI=1S/2CH5NO.H2O4S/c2*2-1-3;1-5(2,3)4/h2*3H,1-2H2;(H2,1,2,3,4). The maximum Gasteiger partial charge on any atom is 0.175 e. The van der Waals surface area contributed by atoms with Gasteiger partial charge in [0, 0.05) is 10.4 Å². The second kappa shape index (κ2) is 12.4. The van der Waals surface area contributed by atoms with Crippen LogP contribution in [0.25, 0.3) is 0 Å². The zero-order valence-corrected chi connectivity index (χ0v) is 6.58. The molecule has 0 bridgehead atoms. The number of aliphatic hydroxyl groups excluding tert-OH is 2. The van der Waals surface area contributed by atoms with Crippen LogP contribution in [-0.4, -0.2) is 41.2 Å². The summed E-state index contributed by atoms with van der Waals surface area (Å²) >= 11 is 0. The molecule has 0 aromatic rings. The molecule has 72 valence electrons. The zero-order valence-electron chi connectivity index (χ0n) is 5.76. The van der Waals surface area contributed by atoms with Crippen molar-refractivity contribution in [3.8, 4) is 0 Å². The van der Waals surface area contributed by atoms with E-state index in [1.54, 1.807) is 0 Å². The van der Waals surface area contributed by atoms with Crippen molar-refractivity contribution < 1.29 is 39.2 Å². The Morgan fingerprint density at radius 1 is 1.09 bits per heavy atom. The van der Waals surface area contributed by atoms with Crippen LogP contribution in [0.15, 0.2) is 0 Å².